The molecule has 0 saturated heterocycles. The van der Waals surface area contributed by atoms with E-state index in [9.17, 15) is 31.9 Å². The number of amides is 3. The van der Waals surface area contributed by atoms with Crippen LogP contribution in [0.2, 0.25) is 5.02 Å². The van der Waals surface area contributed by atoms with Crippen molar-refractivity contribution in [1.82, 2.24) is 4.98 Å². The molecule has 0 unspecified atom stereocenters. The van der Waals surface area contributed by atoms with Crippen LogP contribution >= 0.6 is 22.9 Å². The van der Waals surface area contributed by atoms with Crippen molar-refractivity contribution in [2.45, 2.75) is 37.8 Å². The Morgan fingerprint density at radius 2 is 1.63 bits per heavy atom. The number of hydrogen-bond donors (Lipinski definition) is 3. The summed E-state index contributed by atoms with van der Waals surface area (Å²) in [5.41, 5.74) is -1.74. The predicted molar refractivity (Wildman–Crippen MR) is 134 cm³/mol. The average molecular weight is 567 g/mol. The van der Waals surface area contributed by atoms with Gasteiger partial charge in [0.05, 0.1) is 22.0 Å². The van der Waals surface area contributed by atoms with Gasteiger partial charge in [-0.1, -0.05) is 22.9 Å². The molecule has 7 nitrogen and oxygen atoms in total. The second kappa shape index (κ2) is 9.66. The van der Waals surface area contributed by atoms with Crippen molar-refractivity contribution < 1.29 is 31.9 Å². The highest BCUT2D eigenvalue weighted by atomic mass is 35.5. The van der Waals surface area contributed by atoms with Gasteiger partial charge in [-0.25, -0.2) is 9.37 Å². The number of halogens is 5. The Kier molecular flexibility index (Phi) is 6.64. The Morgan fingerprint density at radius 3 is 2.24 bits per heavy atom. The van der Waals surface area contributed by atoms with Gasteiger partial charge in [-0.3, -0.25) is 14.4 Å². The van der Waals surface area contributed by atoms with E-state index in [1.807, 2.05) is 0 Å². The van der Waals surface area contributed by atoms with Gasteiger partial charge in [0.15, 0.2) is 5.13 Å². The van der Waals surface area contributed by atoms with Crippen molar-refractivity contribution >= 4 is 57.2 Å². The van der Waals surface area contributed by atoms with Crippen molar-refractivity contribution in [3.8, 4) is 0 Å². The summed E-state index contributed by atoms with van der Waals surface area (Å²) in [6, 6.07) is 7.74. The topological polar surface area (TPSA) is 100 Å². The number of alkyl halides is 3. The molecule has 0 spiro atoms. The molecule has 198 valence electrons. The average Bonchev–Trinajstić information content (AvgIpc) is 3.79. The normalized spacial score (nSPS) is 16.0. The number of carbonyl (C=O) groups is 3. The standard InChI is InChI=1S/C25H19ClF4N4O3S/c26-16-8-3-13(25(28,29)30)11-17(16)32-20(35)19-18(12-1-2-12)33-23(38-19)34-22(37)24(9-10-24)21(36)31-15-6-4-14(27)5-7-15/h3-8,11-12H,1-2,9-10H2,(H,31,36)(H,32,35)(H,33,34,37). The highest BCUT2D eigenvalue weighted by Gasteiger charge is 2.57. The van der Waals surface area contributed by atoms with Crippen LogP contribution in [0.15, 0.2) is 42.5 Å². The van der Waals surface area contributed by atoms with Gasteiger partial charge in [-0.15, -0.1) is 0 Å². The smallest absolute Gasteiger partial charge is 0.325 e. The van der Waals surface area contributed by atoms with Crippen LogP contribution in [0.5, 0.6) is 0 Å². The van der Waals surface area contributed by atoms with Gasteiger partial charge in [0.1, 0.15) is 16.1 Å². The van der Waals surface area contributed by atoms with Crippen molar-refractivity contribution in [3.05, 3.63) is 69.4 Å². The summed E-state index contributed by atoms with van der Waals surface area (Å²) in [5.74, 6) is -2.33. The van der Waals surface area contributed by atoms with Crippen LogP contribution in [-0.4, -0.2) is 22.7 Å². The van der Waals surface area contributed by atoms with Crippen molar-refractivity contribution in [1.29, 1.82) is 0 Å². The van der Waals surface area contributed by atoms with Crippen LogP contribution in [0.3, 0.4) is 0 Å². The molecule has 1 aromatic heterocycles. The van der Waals surface area contributed by atoms with E-state index in [-0.39, 0.29) is 26.6 Å². The Bertz CT molecular complexity index is 1430. The van der Waals surface area contributed by atoms with Crippen LogP contribution in [0, 0.1) is 11.2 Å². The van der Waals surface area contributed by atoms with Crippen LogP contribution in [-0.2, 0) is 15.8 Å². The largest absolute Gasteiger partial charge is 0.416 e. The summed E-state index contributed by atoms with van der Waals surface area (Å²) in [6.07, 6.45) is -2.48. The molecular formula is C25H19ClF4N4O3S. The molecule has 2 saturated carbocycles. The summed E-state index contributed by atoms with van der Waals surface area (Å²) >= 11 is 6.88. The van der Waals surface area contributed by atoms with Crippen molar-refractivity contribution in [2.75, 3.05) is 16.0 Å². The molecule has 3 amide bonds. The molecule has 0 atom stereocenters. The van der Waals surface area contributed by atoms with E-state index in [0.717, 1.165) is 42.4 Å². The van der Waals surface area contributed by atoms with Crippen LogP contribution in [0.25, 0.3) is 0 Å². The number of thiazole rings is 1. The number of benzene rings is 2. The maximum Gasteiger partial charge on any atom is 0.416 e. The zero-order valence-electron chi connectivity index (χ0n) is 19.4. The predicted octanol–water partition coefficient (Wildman–Crippen LogP) is 6.44. The van der Waals surface area contributed by atoms with Gasteiger partial charge < -0.3 is 16.0 Å². The van der Waals surface area contributed by atoms with Crippen LogP contribution in [0.1, 0.15) is 52.5 Å². The number of nitrogens with zero attached hydrogens (tertiary/aromatic N) is 1. The SMILES string of the molecule is O=C(Nc1cc(C(F)(F)F)ccc1Cl)c1sc(NC(=O)C2(C(=O)Nc3ccc(F)cc3)CC2)nc1C1CC1. The first-order chi connectivity index (χ1) is 18.0. The lowest BCUT2D eigenvalue weighted by Crippen LogP contribution is -2.35. The zero-order chi connectivity index (χ0) is 27.2. The molecule has 1 heterocycles. The quantitative estimate of drug-likeness (QED) is 0.226. The maximum absolute atomic E-state index is 13.1. The first kappa shape index (κ1) is 26.1. The number of carbonyl (C=O) groups excluding carboxylic acids is 3. The lowest BCUT2D eigenvalue weighted by atomic mass is 10.1. The fourth-order valence-corrected chi connectivity index (χ4v) is 4.95. The fraction of sp³-hybridized carbons (Fsp3) is 0.280. The Labute approximate surface area is 222 Å². The lowest BCUT2D eigenvalue weighted by molar-refractivity contribution is -0.137. The molecule has 2 fully saturated rings. The third kappa shape index (κ3) is 5.37. The highest BCUT2D eigenvalue weighted by molar-refractivity contribution is 7.17. The lowest BCUT2D eigenvalue weighted by Gasteiger charge is -2.14. The second-order valence-electron chi connectivity index (χ2n) is 9.15. The molecule has 0 radical (unpaired) electrons. The van der Waals surface area contributed by atoms with Gasteiger partial charge in [0, 0.05) is 11.6 Å². The third-order valence-corrected chi connectivity index (χ3v) is 7.62. The Morgan fingerprint density at radius 1 is 0.974 bits per heavy atom. The minimum absolute atomic E-state index is 0.0220. The van der Waals surface area contributed by atoms with Crippen molar-refractivity contribution in [2.24, 2.45) is 5.41 Å². The summed E-state index contributed by atoms with van der Waals surface area (Å²) in [7, 11) is 0. The zero-order valence-corrected chi connectivity index (χ0v) is 21.0. The van der Waals surface area contributed by atoms with E-state index in [1.165, 1.54) is 24.3 Å². The summed E-state index contributed by atoms with van der Waals surface area (Å²) in [6.45, 7) is 0. The van der Waals surface area contributed by atoms with Crippen molar-refractivity contribution in [3.63, 3.8) is 0 Å². The third-order valence-electron chi connectivity index (χ3n) is 6.31. The molecule has 13 heteroatoms. The van der Waals surface area contributed by atoms with Gasteiger partial charge >= 0.3 is 6.18 Å². The fourth-order valence-electron chi connectivity index (χ4n) is 3.84. The molecule has 38 heavy (non-hydrogen) atoms. The van der Waals surface area contributed by atoms with Crippen LogP contribution < -0.4 is 16.0 Å². The monoisotopic (exact) mass is 566 g/mol. The number of anilines is 3. The van der Waals surface area contributed by atoms with Gasteiger partial charge in [0.2, 0.25) is 11.8 Å². The molecule has 0 bridgehead atoms. The summed E-state index contributed by atoms with van der Waals surface area (Å²) in [4.78, 5) is 43.4. The minimum Gasteiger partial charge on any atom is -0.325 e. The van der Waals surface area contributed by atoms with E-state index in [4.69, 9.17) is 11.6 Å². The number of aromatic nitrogens is 1. The number of nitrogens with one attached hydrogen (secondary N) is 3. The molecule has 0 aliphatic heterocycles. The maximum atomic E-state index is 13.1. The van der Waals surface area contributed by atoms with E-state index >= 15 is 0 Å². The molecule has 3 aromatic rings. The second-order valence-corrected chi connectivity index (χ2v) is 10.6. The van der Waals surface area contributed by atoms with E-state index < -0.39 is 40.7 Å². The van der Waals surface area contributed by atoms with E-state index in [0.29, 0.717) is 24.2 Å². The van der Waals surface area contributed by atoms with E-state index in [1.54, 1.807) is 0 Å². The molecule has 3 N–H and O–H groups in total. The Hall–Kier alpha value is -3.51. The Balaban J connectivity index is 1.32. The van der Waals surface area contributed by atoms with Gasteiger partial charge in [-0.05, 0) is 68.1 Å². The molecule has 2 aliphatic rings. The summed E-state index contributed by atoms with van der Waals surface area (Å²) < 4.78 is 52.5. The van der Waals surface area contributed by atoms with Gasteiger partial charge in [0.25, 0.3) is 5.91 Å². The van der Waals surface area contributed by atoms with Gasteiger partial charge in [-0.2, -0.15) is 13.2 Å². The minimum atomic E-state index is -4.62. The molecule has 5 rings (SSSR count). The first-order valence-electron chi connectivity index (χ1n) is 11.5. The number of hydrogen-bond acceptors (Lipinski definition) is 5. The van der Waals surface area contributed by atoms with Crippen LogP contribution in [0.4, 0.5) is 34.1 Å². The van der Waals surface area contributed by atoms with E-state index in [2.05, 4.69) is 20.9 Å². The summed E-state index contributed by atoms with van der Waals surface area (Å²) in [5, 5.41) is 7.67. The molecular weight excluding hydrogens is 548 g/mol. The molecule has 2 aromatic carbocycles. The number of rotatable bonds is 7. The molecule has 2 aliphatic carbocycles. The highest BCUT2D eigenvalue weighted by Crippen LogP contribution is 2.49. The first-order valence-corrected chi connectivity index (χ1v) is 12.7.